The molecule has 0 bridgehead atoms. The van der Waals surface area contributed by atoms with E-state index in [9.17, 15) is 4.79 Å². The van der Waals surface area contributed by atoms with E-state index in [0.29, 0.717) is 12.4 Å². The smallest absolute Gasteiger partial charge is 0.331 e. The highest BCUT2D eigenvalue weighted by molar-refractivity contribution is 6.00. The van der Waals surface area contributed by atoms with E-state index in [2.05, 4.69) is 4.98 Å². The lowest BCUT2D eigenvalue weighted by atomic mass is 9.95. The maximum absolute atomic E-state index is 12.1. The average Bonchev–Trinajstić information content (AvgIpc) is 3.08. The number of fused-ring (bicyclic) bond motifs is 1. The molecule has 0 radical (unpaired) electrons. The first-order valence-electron chi connectivity index (χ1n) is 7.83. The van der Waals surface area contributed by atoms with E-state index in [0.717, 1.165) is 27.6 Å². The number of aromatic amines is 1. The summed E-state index contributed by atoms with van der Waals surface area (Å²) in [6, 6.07) is 15.7. The Labute approximate surface area is 140 Å². The molecule has 0 aliphatic heterocycles. The van der Waals surface area contributed by atoms with Crippen LogP contribution in [0.3, 0.4) is 0 Å². The summed E-state index contributed by atoms with van der Waals surface area (Å²) in [5.74, 6) is 0.335. The van der Waals surface area contributed by atoms with Gasteiger partial charge in [0.1, 0.15) is 0 Å². The van der Waals surface area contributed by atoms with E-state index in [1.165, 1.54) is 6.08 Å². The van der Waals surface area contributed by atoms with Gasteiger partial charge in [0.05, 0.1) is 19.2 Å². The first-order chi connectivity index (χ1) is 11.7. The van der Waals surface area contributed by atoms with Crippen molar-refractivity contribution in [3.63, 3.8) is 0 Å². The number of ether oxygens (including phenoxy) is 2. The van der Waals surface area contributed by atoms with Gasteiger partial charge in [0.15, 0.2) is 5.75 Å². The monoisotopic (exact) mass is 321 g/mol. The molecule has 4 heteroatoms. The number of carbonyl (C=O) groups excluding carboxylic acids is 1. The fraction of sp³-hybridized carbons (Fsp3) is 0.150. The Morgan fingerprint density at radius 1 is 1.12 bits per heavy atom. The summed E-state index contributed by atoms with van der Waals surface area (Å²) in [6.07, 6.45) is 3.39. The van der Waals surface area contributed by atoms with Crippen molar-refractivity contribution >= 4 is 22.4 Å². The van der Waals surface area contributed by atoms with Crippen LogP contribution in [-0.2, 0) is 9.53 Å². The van der Waals surface area contributed by atoms with Gasteiger partial charge in [-0.05, 0) is 30.2 Å². The molecule has 0 saturated carbocycles. The van der Waals surface area contributed by atoms with Crippen LogP contribution in [0, 0.1) is 0 Å². The third kappa shape index (κ3) is 3.04. The third-order valence-electron chi connectivity index (χ3n) is 3.81. The van der Waals surface area contributed by atoms with Crippen LogP contribution in [0.5, 0.6) is 5.75 Å². The number of aromatic nitrogens is 1. The fourth-order valence-electron chi connectivity index (χ4n) is 2.76. The third-order valence-corrected chi connectivity index (χ3v) is 3.81. The van der Waals surface area contributed by atoms with E-state index < -0.39 is 0 Å². The number of esters is 1. The van der Waals surface area contributed by atoms with Gasteiger partial charge < -0.3 is 14.5 Å². The zero-order valence-electron chi connectivity index (χ0n) is 13.7. The number of carbonyl (C=O) groups is 1. The van der Waals surface area contributed by atoms with Crippen molar-refractivity contribution in [1.29, 1.82) is 0 Å². The van der Waals surface area contributed by atoms with Gasteiger partial charge in [0.25, 0.3) is 0 Å². The van der Waals surface area contributed by atoms with Crippen molar-refractivity contribution in [2.45, 2.75) is 6.92 Å². The summed E-state index contributed by atoms with van der Waals surface area (Å²) in [7, 11) is 1.63. The number of nitrogens with one attached hydrogen (secondary N) is 1. The average molecular weight is 321 g/mol. The lowest BCUT2D eigenvalue weighted by Gasteiger charge is -2.14. The molecule has 1 N–H and O–H groups in total. The molecule has 0 fully saturated rings. The Bertz CT molecular complexity index is 878. The largest absolute Gasteiger partial charge is 0.494 e. The highest BCUT2D eigenvalue weighted by atomic mass is 16.5. The highest BCUT2D eigenvalue weighted by Gasteiger charge is 2.16. The molecule has 0 spiro atoms. The topological polar surface area (TPSA) is 51.3 Å². The van der Waals surface area contributed by atoms with Crippen LogP contribution in [-0.4, -0.2) is 24.7 Å². The summed E-state index contributed by atoms with van der Waals surface area (Å²) in [5.41, 5.74) is 3.43. The molecule has 3 aromatic rings. The summed E-state index contributed by atoms with van der Waals surface area (Å²) in [4.78, 5) is 15.3. The molecule has 4 nitrogen and oxygen atoms in total. The minimum atomic E-state index is -0.370. The molecule has 0 unspecified atom stereocenters. The zero-order chi connectivity index (χ0) is 16.9. The first-order valence-corrected chi connectivity index (χ1v) is 7.83. The number of rotatable bonds is 5. The van der Waals surface area contributed by atoms with Gasteiger partial charge in [-0.2, -0.15) is 0 Å². The lowest BCUT2D eigenvalue weighted by Crippen LogP contribution is -2.03. The van der Waals surface area contributed by atoms with Gasteiger partial charge in [0, 0.05) is 23.2 Å². The predicted octanol–water partition coefficient (Wildman–Crippen LogP) is 4.17. The van der Waals surface area contributed by atoms with Gasteiger partial charge in [-0.25, -0.2) is 4.79 Å². The van der Waals surface area contributed by atoms with Crippen LogP contribution in [0.2, 0.25) is 0 Å². The van der Waals surface area contributed by atoms with Gasteiger partial charge in [-0.15, -0.1) is 0 Å². The molecule has 24 heavy (non-hydrogen) atoms. The van der Waals surface area contributed by atoms with Gasteiger partial charge >= 0.3 is 5.97 Å². The summed E-state index contributed by atoms with van der Waals surface area (Å²) < 4.78 is 10.7. The molecule has 122 valence electrons. The van der Waals surface area contributed by atoms with Crippen molar-refractivity contribution in [2.75, 3.05) is 13.7 Å². The molecule has 0 aliphatic rings. The van der Waals surface area contributed by atoms with E-state index in [4.69, 9.17) is 9.47 Å². The van der Waals surface area contributed by atoms with Crippen LogP contribution >= 0.6 is 0 Å². The minimum absolute atomic E-state index is 0.338. The SMILES string of the molecule is CCOC(=O)/C=C(\c1ccccc1)c1ccc2cc[nH]c2c1OC. The second kappa shape index (κ2) is 7.04. The summed E-state index contributed by atoms with van der Waals surface area (Å²) >= 11 is 0. The van der Waals surface area contributed by atoms with Gasteiger partial charge in [0.2, 0.25) is 0 Å². The molecule has 0 saturated heterocycles. The lowest BCUT2D eigenvalue weighted by molar-refractivity contribution is -0.137. The van der Waals surface area contributed by atoms with Crippen molar-refractivity contribution in [3.8, 4) is 5.75 Å². The van der Waals surface area contributed by atoms with Crippen molar-refractivity contribution in [2.24, 2.45) is 0 Å². The van der Waals surface area contributed by atoms with Crippen molar-refractivity contribution < 1.29 is 14.3 Å². The molecule has 2 aromatic carbocycles. The van der Waals surface area contributed by atoms with E-state index in [1.54, 1.807) is 14.0 Å². The van der Waals surface area contributed by atoms with E-state index >= 15 is 0 Å². The Morgan fingerprint density at radius 3 is 2.62 bits per heavy atom. The second-order valence-electron chi connectivity index (χ2n) is 5.26. The minimum Gasteiger partial charge on any atom is -0.494 e. The number of H-pyrrole nitrogens is 1. The molecular weight excluding hydrogens is 302 g/mol. The Morgan fingerprint density at radius 2 is 1.92 bits per heavy atom. The Kier molecular flexibility index (Phi) is 4.66. The number of methoxy groups -OCH3 is 1. The maximum Gasteiger partial charge on any atom is 0.331 e. The van der Waals surface area contributed by atoms with Crippen LogP contribution in [0.25, 0.3) is 16.5 Å². The molecule has 1 heterocycles. The van der Waals surface area contributed by atoms with Gasteiger partial charge in [-0.1, -0.05) is 36.4 Å². The number of benzene rings is 2. The van der Waals surface area contributed by atoms with Crippen molar-refractivity contribution in [1.82, 2.24) is 4.98 Å². The standard InChI is InChI=1S/C20H19NO3/c1-3-24-18(22)13-17(14-7-5-4-6-8-14)16-10-9-15-11-12-21-19(15)20(16)23-2/h4-13,21H,3H2,1-2H3/b17-13+. The highest BCUT2D eigenvalue weighted by Crippen LogP contribution is 2.36. The molecular formula is C20H19NO3. The quantitative estimate of drug-likeness (QED) is 0.567. The molecule has 0 amide bonds. The molecule has 0 aliphatic carbocycles. The van der Waals surface area contributed by atoms with Crippen LogP contribution in [0.4, 0.5) is 0 Å². The summed E-state index contributed by atoms with van der Waals surface area (Å²) in [5, 5.41) is 1.05. The number of hydrogen-bond acceptors (Lipinski definition) is 3. The molecule has 3 rings (SSSR count). The fourth-order valence-corrected chi connectivity index (χ4v) is 2.76. The van der Waals surface area contributed by atoms with Crippen molar-refractivity contribution in [3.05, 3.63) is 71.9 Å². The van der Waals surface area contributed by atoms with Crippen LogP contribution in [0.15, 0.2) is 60.8 Å². The molecule has 1 aromatic heterocycles. The Balaban J connectivity index is 2.21. The number of hydrogen-bond donors (Lipinski definition) is 1. The van der Waals surface area contributed by atoms with E-state index in [-0.39, 0.29) is 5.97 Å². The second-order valence-corrected chi connectivity index (χ2v) is 5.26. The van der Waals surface area contributed by atoms with Gasteiger partial charge in [-0.3, -0.25) is 0 Å². The van der Waals surface area contributed by atoms with Crippen LogP contribution in [0.1, 0.15) is 18.1 Å². The zero-order valence-corrected chi connectivity index (χ0v) is 13.7. The van der Waals surface area contributed by atoms with E-state index in [1.807, 2.05) is 54.7 Å². The summed E-state index contributed by atoms with van der Waals surface area (Å²) in [6.45, 7) is 2.13. The molecule has 0 atom stereocenters. The maximum atomic E-state index is 12.1. The normalized spacial score (nSPS) is 11.5. The first kappa shape index (κ1) is 15.9. The van der Waals surface area contributed by atoms with Crippen LogP contribution < -0.4 is 4.74 Å². The Hall–Kier alpha value is -3.01. The predicted molar refractivity (Wildman–Crippen MR) is 95.0 cm³/mol.